The van der Waals surface area contributed by atoms with Crippen LogP contribution in [0.15, 0.2) is 54.6 Å². The van der Waals surface area contributed by atoms with E-state index in [4.69, 9.17) is 37.9 Å². The molecule has 10 nitrogen and oxygen atoms in total. The maximum Gasteiger partial charge on any atom is 0.169 e. The van der Waals surface area contributed by atoms with Gasteiger partial charge in [-0.05, 0) is 59.2 Å². The fourth-order valence-corrected chi connectivity index (χ4v) is 8.16. The number of rotatable bonds is 13. The second kappa shape index (κ2) is 15.3. The summed E-state index contributed by atoms with van der Waals surface area (Å²) in [4.78, 5) is 0. The molecule has 0 N–H and O–H groups in total. The third kappa shape index (κ3) is 7.39. The molecule has 2 aliphatic rings. The molecule has 2 atom stereocenters. The Bertz CT molecular complexity index is 1960. The number of quaternary nitrogens is 2. The van der Waals surface area contributed by atoms with Gasteiger partial charge in [0, 0.05) is 48.4 Å². The van der Waals surface area contributed by atoms with Crippen molar-refractivity contribution in [2.24, 2.45) is 0 Å². The van der Waals surface area contributed by atoms with Crippen LogP contribution in [0.25, 0.3) is 0 Å². The first-order chi connectivity index (χ1) is 25.4. The van der Waals surface area contributed by atoms with Gasteiger partial charge in [0.1, 0.15) is 17.8 Å². The van der Waals surface area contributed by atoms with E-state index >= 15 is 0 Å². The van der Waals surface area contributed by atoms with Crippen LogP contribution in [0, 0.1) is 0 Å². The van der Waals surface area contributed by atoms with Crippen LogP contribution in [0.1, 0.15) is 45.5 Å². The van der Waals surface area contributed by atoms with E-state index in [0.29, 0.717) is 35.2 Å². The van der Waals surface area contributed by atoms with Crippen LogP contribution in [0.3, 0.4) is 0 Å². The zero-order valence-electron chi connectivity index (χ0n) is 33.3. The van der Waals surface area contributed by atoms with Crippen molar-refractivity contribution in [1.29, 1.82) is 0 Å². The minimum atomic E-state index is 0.106. The Hall–Kier alpha value is -4.80. The molecule has 0 saturated carbocycles. The standard InChI is InChI=1S/C43H56N2O8/c1-44(2)16-14-28-21-37(47-6)40(50-9)24-31(28)33(44)18-27-12-13-35(46-5)43(19-27)53-36-26-42(52-11)39(49-8)23-30(36)20-34-32-25-41(51-10)38(48-7)22-29(32)15-17-45(34,3)4/h12-13,19,21-26,33-34H,14-18,20H2,1-11H3/q+2/t33-,34-/m0/s1. The topological polar surface area (TPSA) is 73.8 Å². The van der Waals surface area contributed by atoms with Crippen molar-refractivity contribution in [2.75, 3.05) is 91.0 Å². The molecule has 53 heavy (non-hydrogen) atoms. The average molecular weight is 729 g/mol. The number of benzene rings is 4. The molecule has 0 spiro atoms. The Morgan fingerprint density at radius 1 is 0.453 bits per heavy atom. The summed E-state index contributed by atoms with van der Waals surface area (Å²) < 4.78 is 48.9. The number of nitrogens with zero attached hydrogens (tertiary/aromatic N) is 2. The summed E-state index contributed by atoms with van der Waals surface area (Å²) in [7, 11) is 20.9. The highest BCUT2D eigenvalue weighted by atomic mass is 16.5. The molecule has 2 heterocycles. The Balaban J connectivity index is 1.40. The zero-order valence-corrected chi connectivity index (χ0v) is 33.3. The van der Waals surface area contributed by atoms with Gasteiger partial charge in [0.15, 0.2) is 46.0 Å². The Morgan fingerprint density at radius 2 is 0.887 bits per heavy atom. The summed E-state index contributed by atoms with van der Waals surface area (Å²) in [6.45, 7) is 1.99. The lowest BCUT2D eigenvalue weighted by molar-refractivity contribution is -0.923. The van der Waals surface area contributed by atoms with Gasteiger partial charge in [0.05, 0.1) is 91.0 Å². The first kappa shape index (κ1) is 37.9. The second-order valence-electron chi connectivity index (χ2n) is 15.2. The van der Waals surface area contributed by atoms with Gasteiger partial charge in [-0.2, -0.15) is 0 Å². The van der Waals surface area contributed by atoms with Crippen LogP contribution in [0.5, 0.6) is 51.7 Å². The molecular weight excluding hydrogens is 672 g/mol. The molecule has 0 amide bonds. The van der Waals surface area contributed by atoms with Crippen molar-refractivity contribution in [3.63, 3.8) is 0 Å². The van der Waals surface area contributed by atoms with Gasteiger partial charge in [-0.1, -0.05) is 6.07 Å². The Kier molecular flexibility index (Phi) is 10.9. The lowest BCUT2D eigenvalue weighted by Crippen LogP contribution is -2.48. The minimum Gasteiger partial charge on any atom is -0.493 e. The van der Waals surface area contributed by atoms with Crippen LogP contribution >= 0.6 is 0 Å². The molecule has 0 aliphatic carbocycles. The molecule has 2 aliphatic heterocycles. The normalized spacial score (nSPS) is 18.2. The van der Waals surface area contributed by atoms with Gasteiger partial charge in [0.25, 0.3) is 0 Å². The number of fused-ring (bicyclic) bond motifs is 2. The van der Waals surface area contributed by atoms with Crippen LogP contribution in [0.4, 0.5) is 0 Å². The summed E-state index contributed by atoms with van der Waals surface area (Å²) >= 11 is 0. The Labute approximate surface area is 314 Å². The van der Waals surface area contributed by atoms with E-state index in [1.54, 1.807) is 49.8 Å². The molecule has 4 aromatic carbocycles. The molecule has 10 heteroatoms. The van der Waals surface area contributed by atoms with Crippen LogP contribution < -0.4 is 37.9 Å². The molecule has 0 radical (unpaired) electrons. The minimum absolute atomic E-state index is 0.106. The van der Waals surface area contributed by atoms with Crippen molar-refractivity contribution in [2.45, 2.75) is 37.8 Å². The molecule has 0 bridgehead atoms. The SMILES string of the molecule is COc1cc(C[C@H]2c3cc(OC)c(OC)cc3CC[N+]2(C)C)c(Oc2cc(C[C@H]3c4cc(OC)c(OC)cc4CC[N+]3(C)C)ccc2OC)cc1OC. The van der Waals surface area contributed by atoms with E-state index in [2.05, 4.69) is 64.6 Å². The van der Waals surface area contributed by atoms with E-state index in [1.165, 1.54) is 22.3 Å². The summed E-state index contributed by atoms with van der Waals surface area (Å²) in [5.41, 5.74) is 7.22. The first-order valence-corrected chi connectivity index (χ1v) is 18.1. The maximum absolute atomic E-state index is 6.92. The summed E-state index contributed by atoms with van der Waals surface area (Å²) in [5, 5.41) is 0. The molecule has 0 fully saturated rings. The lowest BCUT2D eigenvalue weighted by Gasteiger charge is -2.43. The fraction of sp³-hybridized carbons (Fsp3) is 0.442. The van der Waals surface area contributed by atoms with E-state index in [1.807, 2.05) is 18.2 Å². The summed E-state index contributed by atoms with van der Waals surface area (Å²) in [6, 6.07) is 19.1. The predicted molar refractivity (Wildman–Crippen MR) is 206 cm³/mol. The molecule has 0 aromatic heterocycles. The number of likely N-dealkylation sites (N-methyl/N-ethyl adjacent to an activating group) is 2. The third-order valence-electron chi connectivity index (χ3n) is 11.5. The molecule has 0 unspecified atom stereocenters. The van der Waals surface area contributed by atoms with Crippen LogP contribution in [-0.2, 0) is 25.7 Å². The average Bonchev–Trinajstić information content (AvgIpc) is 3.16. The smallest absolute Gasteiger partial charge is 0.169 e. The van der Waals surface area contributed by atoms with Gasteiger partial charge in [-0.25, -0.2) is 0 Å². The second-order valence-corrected chi connectivity index (χ2v) is 15.2. The third-order valence-corrected chi connectivity index (χ3v) is 11.5. The molecule has 6 rings (SSSR count). The van der Waals surface area contributed by atoms with Crippen molar-refractivity contribution in [3.05, 3.63) is 88.0 Å². The number of hydrogen-bond acceptors (Lipinski definition) is 8. The number of ether oxygens (including phenoxy) is 8. The quantitative estimate of drug-likeness (QED) is 0.132. The highest BCUT2D eigenvalue weighted by Crippen LogP contribution is 2.47. The van der Waals surface area contributed by atoms with Gasteiger partial charge >= 0.3 is 0 Å². The summed E-state index contributed by atoms with van der Waals surface area (Å²) in [6.07, 6.45) is 3.40. The Morgan fingerprint density at radius 3 is 1.38 bits per heavy atom. The van der Waals surface area contributed by atoms with E-state index in [0.717, 1.165) is 75.4 Å². The molecule has 0 saturated heterocycles. The van der Waals surface area contributed by atoms with Gasteiger partial charge in [0.2, 0.25) is 0 Å². The van der Waals surface area contributed by atoms with E-state index < -0.39 is 0 Å². The highest BCUT2D eigenvalue weighted by molar-refractivity contribution is 5.56. The monoisotopic (exact) mass is 728 g/mol. The largest absolute Gasteiger partial charge is 0.493 e. The highest BCUT2D eigenvalue weighted by Gasteiger charge is 2.39. The van der Waals surface area contributed by atoms with E-state index in [-0.39, 0.29) is 12.1 Å². The number of hydrogen-bond donors (Lipinski definition) is 0. The number of methoxy groups -OCH3 is 7. The fourth-order valence-electron chi connectivity index (χ4n) is 8.16. The molecule has 284 valence electrons. The molecule has 4 aromatic rings. The van der Waals surface area contributed by atoms with Gasteiger partial charge < -0.3 is 46.9 Å². The predicted octanol–water partition coefficient (Wildman–Crippen LogP) is 7.37. The van der Waals surface area contributed by atoms with Gasteiger partial charge in [-0.3, -0.25) is 0 Å². The van der Waals surface area contributed by atoms with Crippen molar-refractivity contribution in [1.82, 2.24) is 0 Å². The molecular formula is C43H56N2O8+2. The summed E-state index contributed by atoms with van der Waals surface area (Å²) in [5.74, 6) is 6.19. The maximum atomic E-state index is 6.92. The first-order valence-electron chi connectivity index (χ1n) is 18.1. The zero-order chi connectivity index (χ0) is 38.1. The van der Waals surface area contributed by atoms with Crippen LogP contribution in [0.2, 0.25) is 0 Å². The van der Waals surface area contributed by atoms with Crippen molar-refractivity contribution in [3.8, 4) is 51.7 Å². The van der Waals surface area contributed by atoms with Crippen molar-refractivity contribution < 1.29 is 46.9 Å². The van der Waals surface area contributed by atoms with E-state index in [9.17, 15) is 0 Å². The lowest BCUT2D eigenvalue weighted by atomic mass is 9.86. The van der Waals surface area contributed by atoms with Gasteiger partial charge in [-0.15, -0.1) is 0 Å². The van der Waals surface area contributed by atoms with Crippen molar-refractivity contribution >= 4 is 0 Å². The van der Waals surface area contributed by atoms with Crippen LogP contribution in [-0.4, -0.2) is 100 Å².